The molecule has 3 heterocycles. The number of para-hydroxylation sites is 1. The zero-order valence-electron chi connectivity index (χ0n) is 19.4. The summed E-state index contributed by atoms with van der Waals surface area (Å²) in [5.74, 6) is 0.135. The van der Waals surface area contributed by atoms with Crippen molar-refractivity contribution in [2.45, 2.75) is 18.5 Å². The molecule has 2 aliphatic rings. The Morgan fingerprint density at radius 3 is 2.23 bits per heavy atom. The van der Waals surface area contributed by atoms with E-state index in [0.29, 0.717) is 25.2 Å². The quantitative estimate of drug-likeness (QED) is 0.491. The Hall–Kier alpha value is -3.97. The minimum atomic E-state index is 0.0460. The summed E-state index contributed by atoms with van der Waals surface area (Å²) < 4.78 is 1.89. The maximum absolute atomic E-state index is 13.0. The van der Waals surface area contributed by atoms with Gasteiger partial charge in [-0.15, -0.1) is 0 Å². The van der Waals surface area contributed by atoms with Crippen LogP contribution in [-0.2, 0) is 0 Å². The highest BCUT2D eigenvalue weighted by molar-refractivity contribution is 5.98. The molecule has 35 heavy (non-hydrogen) atoms. The van der Waals surface area contributed by atoms with Gasteiger partial charge in [-0.3, -0.25) is 9.59 Å². The van der Waals surface area contributed by atoms with Crippen LogP contribution in [0.4, 0.5) is 0 Å². The fourth-order valence-corrected chi connectivity index (χ4v) is 5.05. The maximum Gasteiger partial charge on any atom is 0.253 e. The predicted molar refractivity (Wildman–Crippen MR) is 135 cm³/mol. The third-order valence-corrected chi connectivity index (χ3v) is 6.95. The van der Waals surface area contributed by atoms with Crippen molar-refractivity contribution in [2.24, 2.45) is 0 Å². The second-order valence-electron chi connectivity index (χ2n) is 9.34. The summed E-state index contributed by atoms with van der Waals surface area (Å²) in [6, 6.07) is 25.7. The highest BCUT2D eigenvalue weighted by Crippen LogP contribution is 2.23. The summed E-state index contributed by atoms with van der Waals surface area (Å²) in [6.07, 6.45) is 2.74. The molecule has 6 rings (SSSR count). The molecule has 0 spiro atoms. The van der Waals surface area contributed by atoms with Gasteiger partial charge in [0.1, 0.15) is 0 Å². The first-order valence-electron chi connectivity index (χ1n) is 12.1. The Labute approximate surface area is 203 Å². The van der Waals surface area contributed by atoms with Crippen LogP contribution in [0.25, 0.3) is 16.6 Å². The Morgan fingerprint density at radius 2 is 1.46 bits per heavy atom. The second-order valence-corrected chi connectivity index (χ2v) is 9.34. The normalized spacial score (nSPS) is 18.1. The Balaban J connectivity index is 1.04. The molecule has 7 heteroatoms. The number of hydrogen-bond donors (Lipinski definition) is 1. The summed E-state index contributed by atoms with van der Waals surface area (Å²) in [5, 5.41) is 9.09. The summed E-state index contributed by atoms with van der Waals surface area (Å²) in [6.45, 7) is 2.84. The van der Waals surface area contributed by atoms with Gasteiger partial charge in [0.05, 0.1) is 17.4 Å². The van der Waals surface area contributed by atoms with E-state index in [1.165, 1.54) is 0 Å². The molecule has 7 nitrogen and oxygen atoms in total. The molecule has 1 aromatic heterocycles. The lowest BCUT2D eigenvalue weighted by atomic mass is 10.0. The van der Waals surface area contributed by atoms with Gasteiger partial charge in [-0.05, 0) is 48.9 Å². The lowest BCUT2D eigenvalue weighted by Gasteiger charge is -2.41. The van der Waals surface area contributed by atoms with E-state index in [1.807, 2.05) is 99.5 Å². The first kappa shape index (κ1) is 21.6. The van der Waals surface area contributed by atoms with Crippen molar-refractivity contribution in [3.05, 3.63) is 96.2 Å². The Morgan fingerprint density at radius 1 is 0.771 bits per heavy atom. The zero-order chi connectivity index (χ0) is 23.8. The van der Waals surface area contributed by atoms with Crippen LogP contribution in [0.3, 0.4) is 0 Å². The van der Waals surface area contributed by atoms with Gasteiger partial charge in [0.2, 0.25) is 0 Å². The molecule has 2 saturated heterocycles. The maximum atomic E-state index is 13.0. The molecule has 2 aliphatic heterocycles. The van der Waals surface area contributed by atoms with Gasteiger partial charge in [-0.25, -0.2) is 4.68 Å². The van der Waals surface area contributed by atoms with Gasteiger partial charge in [0, 0.05) is 54.8 Å². The van der Waals surface area contributed by atoms with Crippen molar-refractivity contribution in [1.82, 2.24) is 24.9 Å². The third kappa shape index (κ3) is 4.19. The van der Waals surface area contributed by atoms with Crippen LogP contribution in [-0.4, -0.2) is 69.7 Å². The van der Waals surface area contributed by atoms with E-state index >= 15 is 0 Å². The fraction of sp³-hybridized carbons (Fsp3) is 0.250. The van der Waals surface area contributed by atoms with Crippen LogP contribution < -0.4 is 5.32 Å². The van der Waals surface area contributed by atoms with E-state index in [4.69, 9.17) is 0 Å². The van der Waals surface area contributed by atoms with E-state index in [1.54, 1.807) is 0 Å². The van der Waals surface area contributed by atoms with Crippen molar-refractivity contribution in [3.63, 3.8) is 0 Å². The van der Waals surface area contributed by atoms with Gasteiger partial charge >= 0.3 is 0 Å². The average Bonchev–Trinajstić information content (AvgIpc) is 3.53. The topological polar surface area (TPSA) is 70.5 Å². The molecular formula is C28H27N5O2. The van der Waals surface area contributed by atoms with Crippen LogP contribution in [0.1, 0.15) is 27.1 Å². The van der Waals surface area contributed by atoms with Gasteiger partial charge in [0.15, 0.2) is 0 Å². The fourth-order valence-electron chi connectivity index (χ4n) is 5.05. The number of amides is 2. The van der Waals surface area contributed by atoms with Crippen molar-refractivity contribution in [1.29, 1.82) is 0 Å². The molecule has 2 amide bonds. The van der Waals surface area contributed by atoms with Crippen LogP contribution in [0.5, 0.6) is 0 Å². The summed E-state index contributed by atoms with van der Waals surface area (Å²) in [7, 11) is 0. The van der Waals surface area contributed by atoms with Crippen molar-refractivity contribution >= 4 is 22.7 Å². The van der Waals surface area contributed by atoms with E-state index in [2.05, 4.69) is 10.4 Å². The number of carbonyl (C=O) groups is 2. The zero-order valence-corrected chi connectivity index (χ0v) is 19.4. The lowest BCUT2D eigenvalue weighted by Crippen LogP contribution is -2.62. The highest BCUT2D eigenvalue weighted by atomic mass is 16.2. The van der Waals surface area contributed by atoms with Crippen LogP contribution in [0, 0.1) is 0 Å². The highest BCUT2D eigenvalue weighted by Gasteiger charge is 2.35. The monoisotopic (exact) mass is 465 g/mol. The lowest BCUT2D eigenvalue weighted by molar-refractivity contribution is 0.0553. The second kappa shape index (κ2) is 9.00. The molecule has 0 unspecified atom stereocenters. The molecule has 0 aliphatic carbocycles. The third-order valence-electron chi connectivity index (χ3n) is 6.95. The van der Waals surface area contributed by atoms with Crippen LogP contribution in [0.15, 0.2) is 85.1 Å². The first-order chi connectivity index (χ1) is 17.2. The number of fused-ring (bicyclic) bond motifs is 1. The summed E-state index contributed by atoms with van der Waals surface area (Å²) in [4.78, 5) is 29.5. The molecule has 3 aromatic carbocycles. The van der Waals surface area contributed by atoms with Crippen LogP contribution in [0.2, 0.25) is 0 Å². The molecule has 2 fully saturated rings. The molecule has 0 bridgehead atoms. The first-order valence-corrected chi connectivity index (χ1v) is 12.1. The molecule has 1 N–H and O–H groups in total. The molecule has 0 radical (unpaired) electrons. The Bertz CT molecular complexity index is 1360. The number of carbonyl (C=O) groups excluding carboxylic acids is 2. The van der Waals surface area contributed by atoms with Crippen molar-refractivity contribution < 1.29 is 9.59 Å². The van der Waals surface area contributed by atoms with Gasteiger partial charge in [0.25, 0.3) is 11.8 Å². The average molecular weight is 466 g/mol. The summed E-state index contributed by atoms with van der Waals surface area (Å²) in [5.41, 5.74) is 3.39. The smallest absolute Gasteiger partial charge is 0.253 e. The SMILES string of the molecule is O=C(c1ccc2c(cnn2-c2ccccc2)c1)N1CC(N[C@H]2CCN(C(=O)c3ccccc3)C2)C1. The van der Waals surface area contributed by atoms with E-state index in [9.17, 15) is 9.59 Å². The minimum absolute atomic E-state index is 0.0460. The number of hydrogen-bond acceptors (Lipinski definition) is 4. The summed E-state index contributed by atoms with van der Waals surface area (Å²) >= 11 is 0. The molecule has 176 valence electrons. The number of rotatable bonds is 5. The Kier molecular flexibility index (Phi) is 5.54. The van der Waals surface area contributed by atoms with Crippen molar-refractivity contribution in [3.8, 4) is 5.69 Å². The molecular weight excluding hydrogens is 438 g/mol. The number of likely N-dealkylation sites (tertiary alicyclic amines) is 2. The van der Waals surface area contributed by atoms with Gasteiger partial charge in [-0.2, -0.15) is 5.10 Å². The van der Waals surface area contributed by atoms with E-state index < -0.39 is 0 Å². The standard InChI is InChI=1S/C28H27N5O2/c34-27(20-7-3-1-4-8-20)31-14-13-23(17-31)30-24-18-32(19-24)28(35)21-11-12-26-22(15-21)16-29-33(26)25-9-5-2-6-10-25/h1-12,15-16,23-24,30H,13-14,17-19H2/t23-/m0/s1. The van der Waals surface area contributed by atoms with Gasteiger partial charge < -0.3 is 15.1 Å². The number of aromatic nitrogens is 2. The molecule has 4 aromatic rings. The minimum Gasteiger partial charge on any atom is -0.337 e. The number of benzene rings is 3. The van der Waals surface area contributed by atoms with Crippen molar-refractivity contribution in [2.75, 3.05) is 26.2 Å². The molecule has 0 saturated carbocycles. The predicted octanol–water partition coefficient (Wildman–Crippen LogP) is 3.35. The van der Waals surface area contributed by atoms with E-state index in [0.717, 1.165) is 35.1 Å². The van der Waals surface area contributed by atoms with E-state index in [-0.39, 0.29) is 23.9 Å². The van der Waals surface area contributed by atoms with Gasteiger partial charge in [-0.1, -0.05) is 36.4 Å². The van der Waals surface area contributed by atoms with Crippen LogP contribution >= 0.6 is 0 Å². The number of nitrogens with zero attached hydrogens (tertiary/aromatic N) is 4. The number of nitrogens with one attached hydrogen (secondary N) is 1. The largest absolute Gasteiger partial charge is 0.337 e. The molecule has 1 atom stereocenters.